The first-order valence-corrected chi connectivity index (χ1v) is 9.81. The lowest BCUT2D eigenvalue weighted by atomic mass is 10.3. The number of anilines is 1. The summed E-state index contributed by atoms with van der Waals surface area (Å²) in [4.78, 5) is 12.1. The van der Waals surface area contributed by atoms with Crippen molar-refractivity contribution in [2.24, 2.45) is 7.05 Å². The molecule has 6 nitrogen and oxygen atoms in total. The lowest BCUT2D eigenvalue weighted by molar-refractivity contribution is -0.113. The fourth-order valence-corrected chi connectivity index (χ4v) is 3.30. The molecular weight excluding hydrogens is 426 g/mol. The van der Waals surface area contributed by atoms with Crippen LogP contribution in [0.3, 0.4) is 0 Å². The van der Waals surface area contributed by atoms with E-state index < -0.39 is 5.82 Å². The van der Waals surface area contributed by atoms with E-state index in [1.54, 1.807) is 35.9 Å². The van der Waals surface area contributed by atoms with Crippen LogP contribution in [0.15, 0.2) is 47.6 Å². The van der Waals surface area contributed by atoms with E-state index in [9.17, 15) is 9.18 Å². The van der Waals surface area contributed by atoms with Crippen LogP contribution in [0.5, 0.6) is 5.75 Å². The Hall–Kier alpha value is -2.29. The third kappa shape index (κ3) is 5.37. The maximum absolute atomic E-state index is 13.2. The fraction of sp³-hybridized carbons (Fsp3) is 0.167. The summed E-state index contributed by atoms with van der Waals surface area (Å²) in [6, 6.07) is 11.0. The zero-order valence-corrected chi connectivity index (χ0v) is 17.0. The molecule has 0 unspecified atom stereocenters. The van der Waals surface area contributed by atoms with Crippen LogP contribution in [0.4, 0.5) is 10.1 Å². The predicted molar refractivity (Wildman–Crippen MR) is 108 cm³/mol. The zero-order chi connectivity index (χ0) is 20.1. The van der Waals surface area contributed by atoms with Gasteiger partial charge in [-0.3, -0.25) is 4.79 Å². The van der Waals surface area contributed by atoms with Gasteiger partial charge >= 0.3 is 0 Å². The van der Waals surface area contributed by atoms with E-state index in [1.807, 2.05) is 0 Å². The van der Waals surface area contributed by atoms with E-state index in [0.29, 0.717) is 27.4 Å². The second-order valence-electron chi connectivity index (χ2n) is 5.67. The van der Waals surface area contributed by atoms with Gasteiger partial charge in [-0.15, -0.1) is 10.2 Å². The zero-order valence-electron chi connectivity index (χ0n) is 14.7. The van der Waals surface area contributed by atoms with Crippen LogP contribution in [0.25, 0.3) is 0 Å². The number of hydrogen-bond donors (Lipinski definition) is 1. The van der Waals surface area contributed by atoms with E-state index in [2.05, 4.69) is 15.5 Å². The molecule has 0 fully saturated rings. The third-order valence-corrected chi connectivity index (χ3v) is 5.17. The molecule has 1 heterocycles. The number of amides is 1. The number of rotatable bonds is 7. The number of nitrogens with zero attached hydrogens (tertiary/aromatic N) is 3. The van der Waals surface area contributed by atoms with Gasteiger partial charge < -0.3 is 14.6 Å². The van der Waals surface area contributed by atoms with Crippen LogP contribution < -0.4 is 10.1 Å². The molecule has 0 aliphatic carbocycles. The van der Waals surface area contributed by atoms with Crippen molar-refractivity contribution in [2.75, 3.05) is 11.1 Å². The second-order valence-corrected chi connectivity index (χ2v) is 7.46. The van der Waals surface area contributed by atoms with Gasteiger partial charge in [0.25, 0.3) is 0 Å². The normalized spacial score (nSPS) is 10.7. The summed E-state index contributed by atoms with van der Waals surface area (Å²) in [7, 11) is 1.77. The smallest absolute Gasteiger partial charge is 0.234 e. The molecule has 1 aromatic heterocycles. The minimum atomic E-state index is -0.512. The molecule has 146 valence electrons. The molecule has 0 bridgehead atoms. The summed E-state index contributed by atoms with van der Waals surface area (Å²) in [5.41, 5.74) is 0.628. The lowest BCUT2D eigenvalue weighted by Gasteiger charge is -2.07. The van der Waals surface area contributed by atoms with Gasteiger partial charge in [0.1, 0.15) is 18.2 Å². The largest absolute Gasteiger partial charge is 0.486 e. The third-order valence-electron chi connectivity index (χ3n) is 3.62. The molecule has 28 heavy (non-hydrogen) atoms. The van der Waals surface area contributed by atoms with Gasteiger partial charge in [-0.05, 0) is 30.3 Å². The van der Waals surface area contributed by atoms with Crippen molar-refractivity contribution in [3.63, 3.8) is 0 Å². The molecule has 0 saturated heterocycles. The standard InChI is InChI=1S/C18H15Cl2FN4O2S/c1-25-16(9-27-13-5-6-15(21)14(20)8-13)23-24-18(25)28-10-17(26)22-12-4-2-3-11(19)7-12/h2-8H,9-10H2,1H3,(H,22,26). The highest BCUT2D eigenvalue weighted by Crippen LogP contribution is 2.22. The van der Waals surface area contributed by atoms with Crippen LogP contribution >= 0.6 is 35.0 Å². The molecule has 1 amide bonds. The van der Waals surface area contributed by atoms with Gasteiger partial charge in [0.05, 0.1) is 10.8 Å². The van der Waals surface area contributed by atoms with Crippen LogP contribution in [0.1, 0.15) is 5.82 Å². The van der Waals surface area contributed by atoms with Gasteiger partial charge in [0, 0.05) is 23.8 Å². The summed E-state index contributed by atoms with van der Waals surface area (Å²) >= 11 is 12.9. The first kappa shape index (κ1) is 20.4. The van der Waals surface area contributed by atoms with E-state index in [0.717, 1.165) is 0 Å². The lowest BCUT2D eigenvalue weighted by Crippen LogP contribution is -2.14. The Kier molecular flexibility index (Phi) is 6.77. The van der Waals surface area contributed by atoms with Gasteiger partial charge in [0.15, 0.2) is 11.0 Å². The Balaban J connectivity index is 1.53. The minimum Gasteiger partial charge on any atom is -0.486 e. The predicted octanol–water partition coefficient (Wildman–Crippen LogP) is 4.57. The van der Waals surface area contributed by atoms with Crippen molar-refractivity contribution in [3.8, 4) is 5.75 Å². The van der Waals surface area contributed by atoms with Crippen molar-refractivity contribution < 1.29 is 13.9 Å². The second kappa shape index (κ2) is 9.27. The monoisotopic (exact) mass is 440 g/mol. The Morgan fingerprint density at radius 2 is 2.07 bits per heavy atom. The number of carbonyl (C=O) groups is 1. The Morgan fingerprint density at radius 3 is 2.82 bits per heavy atom. The van der Waals surface area contributed by atoms with Crippen molar-refractivity contribution in [1.29, 1.82) is 0 Å². The number of thioether (sulfide) groups is 1. The van der Waals surface area contributed by atoms with Crippen LogP contribution in [-0.4, -0.2) is 26.4 Å². The highest BCUT2D eigenvalue weighted by Gasteiger charge is 2.13. The Morgan fingerprint density at radius 1 is 1.25 bits per heavy atom. The average Bonchev–Trinajstić information content (AvgIpc) is 3.01. The maximum atomic E-state index is 13.2. The van der Waals surface area contributed by atoms with Crippen molar-refractivity contribution >= 4 is 46.6 Å². The number of carbonyl (C=O) groups excluding carboxylic acids is 1. The average molecular weight is 441 g/mol. The van der Waals surface area contributed by atoms with E-state index in [4.69, 9.17) is 27.9 Å². The molecule has 0 saturated carbocycles. The van der Waals surface area contributed by atoms with E-state index in [-0.39, 0.29) is 23.3 Å². The molecule has 2 aromatic carbocycles. The van der Waals surface area contributed by atoms with Crippen molar-refractivity contribution in [1.82, 2.24) is 14.8 Å². The van der Waals surface area contributed by atoms with Gasteiger partial charge in [-0.25, -0.2) is 4.39 Å². The molecule has 0 radical (unpaired) electrons. The summed E-state index contributed by atoms with van der Waals surface area (Å²) in [5, 5.41) is 12.0. The van der Waals surface area contributed by atoms with Crippen LogP contribution in [-0.2, 0) is 18.4 Å². The maximum Gasteiger partial charge on any atom is 0.234 e. The molecular formula is C18H15Cl2FN4O2S. The molecule has 1 N–H and O–H groups in total. The number of aromatic nitrogens is 3. The molecule has 0 aliphatic rings. The van der Waals surface area contributed by atoms with Gasteiger partial charge in [-0.2, -0.15) is 0 Å². The number of hydrogen-bond acceptors (Lipinski definition) is 5. The first-order chi connectivity index (χ1) is 13.4. The number of halogens is 3. The molecule has 0 atom stereocenters. The number of benzene rings is 2. The van der Waals surface area contributed by atoms with E-state index in [1.165, 1.54) is 30.0 Å². The highest BCUT2D eigenvalue weighted by atomic mass is 35.5. The van der Waals surface area contributed by atoms with Gasteiger partial charge in [-0.1, -0.05) is 41.0 Å². The van der Waals surface area contributed by atoms with Crippen molar-refractivity contribution in [3.05, 3.63) is 64.2 Å². The molecule has 3 aromatic rings. The molecule has 10 heteroatoms. The summed E-state index contributed by atoms with van der Waals surface area (Å²) in [6.07, 6.45) is 0. The minimum absolute atomic E-state index is 0.0163. The number of nitrogens with one attached hydrogen (secondary N) is 1. The van der Waals surface area contributed by atoms with E-state index >= 15 is 0 Å². The Bertz CT molecular complexity index is 999. The quantitative estimate of drug-likeness (QED) is 0.544. The molecule has 0 aliphatic heterocycles. The number of ether oxygens (including phenoxy) is 1. The SMILES string of the molecule is Cn1c(COc2ccc(F)c(Cl)c2)nnc1SCC(=O)Nc1cccc(Cl)c1. The summed E-state index contributed by atoms with van der Waals surface area (Å²) in [5.74, 6) is 0.437. The molecule has 3 rings (SSSR count). The Labute approximate surface area is 175 Å². The highest BCUT2D eigenvalue weighted by molar-refractivity contribution is 7.99. The fourth-order valence-electron chi connectivity index (χ4n) is 2.20. The van der Waals surface area contributed by atoms with Gasteiger partial charge in [0.2, 0.25) is 5.91 Å². The molecule has 0 spiro atoms. The van der Waals surface area contributed by atoms with Crippen molar-refractivity contribution in [2.45, 2.75) is 11.8 Å². The summed E-state index contributed by atoms with van der Waals surface area (Å²) < 4.78 is 20.5. The van der Waals surface area contributed by atoms with Crippen LogP contribution in [0, 0.1) is 5.82 Å². The van der Waals surface area contributed by atoms with Crippen LogP contribution in [0.2, 0.25) is 10.0 Å². The summed E-state index contributed by atoms with van der Waals surface area (Å²) in [6.45, 7) is 0.126. The topological polar surface area (TPSA) is 69.0 Å². The first-order valence-electron chi connectivity index (χ1n) is 8.06.